The van der Waals surface area contributed by atoms with E-state index in [4.69, 9.17) is 9.47 Å². The average molecular weight is 469 g/mol. The fourth-order valence-corrected chi connectivity index (χ4v) is 3.36. The Hall–Kier alpha value is -3.48. The maximum absolute atomic E-state index is 12.6. The molecule has 2 N–H and O–H groups in total. The number of carbonyl (C=O) groups is 2. The Morgan fingerprint density at radius 3 is 2.50 bits per heavy atom. The number of aliphatic carboxylic acids is 1. The highest BCUT2D eigenvalue weighted by atomic mass is 16.5. The number of amides is 2. The Morgan fingerprint density at radius 1 is 1.06 bits per heavy atom. The van der Waals surface area contributed by atoms with Crippen LogP contribution in [0.2, 0.25) is 0 Å². The van der Waals surface area contributed by atoms with E-state index in [0.29, 0.717) is 24.5 Å². The first-order chi connectivity index (χ1) is 16.4. The normalized spacial score (nSPS) is 11.1. The van der Waals surface area contributed by atoms with E-state index in [-0.39, 0.29) is 11.8 Å². The van der Waals surface area contributed by atoms with Crippen LogP contribution in [-0.4, -0.2) is 44.4 Å². The topological polar surface area (TPSA) is 88.1 Å². The third-order valence-electron chi connectivity index (χ3n) is 5.40. The minimum atomic E-state index is -1.14. The van der Waals surface area contributed by atoms with E-state index in [2.05, 4.69) is 19.2 Å². The van der Waals surface area contributed by atoms with Crippen LogP contribution >= 0.6 is 0 Å². The van der Waals surface area contributed by atoms with Crippen molar-refractivity contribution in [2.24, 2.45) is 0 Å². The van der Waals surface area contributed by atoms with Crippen molar-refractivity contribution in [3.05, 3.63) is 53.8 Å². The van der Waals surface area contributed by atoms with Crippen LogP contribution in [0.5, 0.6) is 5.75 Å². The molecule has 0 aromatic heterocycles. The maximum Gasteiger partial charge on any atom is 0.371 e. The first-order valence-corrected chi connectivity index (χ1v) is 11.8. The Kier molecular flexibility index (Phi) is 11.0. The molecule has 0 aliphatic rings. The summed E-state index contributed by atoms with van der Waals surface area (Å²) in [4.78, 5) is 25.5. The van der Waals surface area contributed by atoms with Crippen molar-refractivity contribution in [2.75, 3.05) is 32.2 Å². The molecule has 0 heterocycles. The summed E-state index contributed by atoms with van der Waals surface area (Å²) in [6, 6.07) is 13.1. The second-order valence-corrected chi connectivity index (χ2v) is 8.02. The van der Waals surface area contributed by atoms with E-state index in [1.807, 2.05) is 42.5 Å². The second-order valence-electron chi connectivity index (χ2n) is 8.02. The van der Waals surface area contributed by atoms with Gasteiger partial charge in [0.05, 0.1) is 13.7 Å². The second kappa shape index (κ2) is 13.9. The molecule has 34 heavy (non-hydrogen) atoms. The summed E-state index contributed by atoms with van der Waals surface area (Å²) < 4.78 is 11.0. The summed E-state index contributed by atoms with van der Waals surface area (Å²) in [6.07, 6.45) is 6.51. The molecule has 0 unspecified atom stereocenters. The van der Waals surface area contributed by atoms with E-state index in [1.165, 1.54) is 13.2 Å². The zero-order chi connectivity index (χ0) is 24.9. The number of urea groups is 1. The lowest BCUT2D eigenvalue weighted by Gasteiger charge is -2.20. The molecule has 0 aliphatic heterocycles. The Morgan fingerprint density at radius 2 is 1.82 bits per heavy atom. The summed E-state index contributed by atoms with van der Waals surface area (Å²) in [7, 11) is 3.08. The summed E-state index contributed by atoms with van der Waals surface area (Å²) in [5.74, 6) is -0.642. The lowest BCUT2D eigenvalue weighted by atomic mass is 10.0. The lowest BCUT2D eigenvalue weighted by Crippen LogP contribution is -2.37. The highest BCUT2D eigenvalue weighted by Gasteiger charge is 2.14. The number of methoxy groups -OCH3 is 1. The number of carbonyl (C=O) groups excluding carboxylic acids is 1. The summed E-state index contributed by atoms with van der Waals surface area (Å²) in [5, 5.41) is 12.2. The van der Waals surface area contributed by atoms with Crippen LogP contribution in [0.15, 0.2) is 48.2 Å². The quantitative estimate of drug-likeness (QED) is 0.216. The van der Waals surface area contributed by atoms with Crippen molar-refractivity contribution in [3.8, 4) is 16.9 Å². The fourth-order valence-electron chi connectivity index (χ4n) is 3.36. The summed E-state index contributed by atoms with van der Waals surface area (Å²) in [6.45, 7) is 5.42. The summed E-state index contributed by atoms with van der Waals surface area (Å²) in [5.41, 5.74) is 3.19. The van der Waals surface area contributed by atoms with E-state index in [0.717, 1.165) is 48.9 Å². The first kappa shape index (κ1) is 26.8. The average Bonchev–Trinajstić information content (AvgIpc) is 2.84. The Bertz CT molecular complexity index is 987. The number of hydrogen-bond donors (Lipinski definition) is 2. The molecule has 7 nitrogen and oxygen atoms in total. The lowest BCUT2D eigenvalue weighted by molar-refractivity contribution is -0.135. The van der Waals surface area contributed by atoms with Crippen molar-refractivity contribution in [3.63, 3.8) is 0 Å². The molecule has 2 amide bonds. The number of nitrogens with zero attached hydrogens (tertiary/aromatic N) is 1. The molecule has 0 bridgehead atoms. The predicted molar refractivity (Wildman–Crippen MR) is 136 cm³/mol. The number of rotatable bonds is 13. The van der Waals surface area contributed by atoms with Gasteiger partial charge in [0, 0.05) is 24.8 Å². The van der Waals surface area contributed by atoms with Gasteiger partial charge < -0.3 is 19.9 Å². The molecule has 184 valence electrons. The van der Waals surface area contributed by atoms with Crippen LogP contribution in [0.1, 0.15) is 51.5 Å². The number of anilines is 1. The maximum atomic E-state index is 12.6. The zero-order valence-corrected chi connectivity index (χ0v) is 20.6. The van der Waals surface area contributed by atoms with Gasteiger partial charge in [-0.15, -0.1) is 0 Å². The molecule has 0 fully saturated rings. The van der Waals surface area contributed by atoms with Gasteiger partial charge in [0.2, 0.25) is 5.76 Å². The summed E-state index contributed by atoms with van der Waals surface area (Å²) >= 11 is 0. The molecule has 0 spiro atoms. The van der Waals surface area contributed by atoms with Crippen LogP contribution in [0.3, 0.4) is 0 Å². The van der Waals surface area contributed by atoms with E-state index < -0.39 is 5.97 Å². The number of benzene rings is 2. The molecule has 0 saturated carbocycles. The number of unbranched alkanes of at least 4 members (excludes halogenated alkanes) is 3. The molecule has 2 rings (SSSR count). The van der Waals surface area contributed by atoms with Crippen LogP contribution in [0.4, 0.5) is 10.5 Å². The standard InChI is InChI=1S/C27H36N2O5/c1-5-7-9-15-28-27(32)29(3)22-12-10-11-21(19-22)23-14-13-20(18-25(33-4)26(30)31)17-24(23)34-16-8-6-2/h10-14,17-19H,5-9,15-16H2,1-4H3,(H,28,32)(H,30,31)/b25-18-. The Labute approximate surface area is 202 Å². The van der Waals surface area contributed by atoms with E-state index in [1.54, 1.807) is 11.9 Å². The molecule has 0 saturated heterocycles. The van der Waals surface area contributed by atoms with Gasteiger partial charge in [-0.1, -0.05) is 57.4 Å². The zero-order valence-electron chi connectivity index (χ0n) is 20.6. The third kappa shape index (κ3) is 7.83. The van der Waals surface area contributed by atoms with Gasteiger partial charge in [-0.2, -0.15) is 0 Å². The third-order valence-corrected chi connectivity index (χ3v) is 5.40. The minimum absolute atomic E-state index is 0.145. The Balaban J connectivity index is 2.33. The van der Waals surface area contributed by atoms with Gasteiger partial charge in [-0.25, -0.2) is 9.59 Å². The van der Waals surface area contributed by atoms with Gasteiger partial charge >= 0.3 is 12.0 Å². The first-order valence-electron chi connectivity index (χ1n) is 11.8. The van der Waals surface area contributed by atoms with E-state index in [9.17, 15) is 14.7 Å². The largest absolute Gasteiger partial charge is 0.493 e. The predicted octanol–water partition coefficient (Wildman–Crippen LogP) is 5.94. The number of carboxylic acids is 1. The molecule has 2 aromatic rings. The highest BCUT2D eigenvalue weighted by molar-refractivity contribution is 5.92. The number of hydrogen-bond acceptors (Lipinski definition) is 4. The van der Waals surface area contributed by atoms with Crippen LogP contribution in [0.25, 0.3) is 17.2 Å². The molecular weight excluding hydrogens is 432 g/mol. The minimum Gasteiger partial charge on any atom is -0.493 e. The van der Waals surface area contributed by atoms with Crippen molar-refractivity contribution < 1.29 is 24.2 Å². The molecular formula is C27H36N2O5. The van der Waals surface area contributed by atoms with Crippen LogP contribution in [0, 0.1) is 0 Å². The molecule has 0 radical (unpaired) electrons. The highest BCUT2D eigenvalue weighted by Crippen LogP contribution is 2.34. The smallest absolute Gasteiger partial charge is 0.371 e. The monoisotopic (exact) mass is 468 g/mol. The van der Waals surface area contributed by atoms with Crippen LogP contribution < -0.4 is 15.0 Å². The van der Waals surface area contributed by atoms with Gasteiger partial charge in [0.1, 0.15) is 5.75 Å². The van der Waals surface area contributed by atoms with Crippen LogP contribution in [-0.2, 0) is 9.53 Å². The van der Waals surface area contributed by atoms with Crippen molar-refractivity contribution in [2.45, 2.75) is 46.0 Å². The van der Waals surface area contributed by atoms with E-state index >= 15 is 0 Å². The molecule has 0 atom stereocenters. The fraction of sp³-hybridized carbons (Fsp3) is 0.407. The molecule has 2 aromatic carbocycles. The number of ether oxygens (including phenoxy) is 2. The van der Waals surface area contributed by atoms with Gasteiger partial charge in [-0.3, -0.25) is 4.90 Å². The van der Waals surface area contributed by atoms with Crippen molar-refractivity contribution >= 4 is 23.8 Å². The van der Waals surface area contributed by atoms with Crippen molar-refractivity contribution in [1.82, 2.24) is 5.32 Å². The van der Waals surface area contributed by atoms with Gasteiger partial charge in [0.25, 0.3) is 0 Å². The SMILES string of the molecule is CCCCCNC(=O)N(C)c1cccc(-c2ccc(/C=C(\OC)C(=O)O)cc2OCCCC)c1. The van der Waals surface area contributed by atoms with Crippen molar-refractivity contribution in [1.29, 1.82) is 0 Å². The number of carboxylic acid groups (broad SMARTS) is 1. The molecule has 0 aliphatic carbocycles. The van der Waals surface area contributed by atoms with Gasteiger partial charge in [-0.05, 0) is 48.2 Å². The van der Waals surface area contributed by atoms with Gasteiger partial charge in [0.15, 0.2) is 0 Å². The number of nitrogens with one attached hydrogen (secondary N) is 1. The molecule has 7 heteroatoms.